The zero-order valence-corrected chi connectivity index (χ0v) is 11.4. The Morgan fingerprint density at radius 1 is 1.19 bits per heavy atom. The molecule has 1 aromatic heterocycles. The summed E-state index contributed by atoms with van der Waals surface area (Å²) < 4.78 is 6.61. The summed E-state index contributed by atoms with van der Waals surface area (Å²) >= 11 is 0. The topological polar surface area (TPSA) is 125 Å². The minimum Gasteiger partial charge on any atom is -0.394 e. The van der Waals surface area contributed by atoms with Crippen molar-refractivity contribution < 1.29 is 20.1 Å². The second-order valence-electron chi connectivity index (χ2n) is 5.49. The number of aliphatic hydroxyl groups is 3. The van der Waals surface area contributed by atoms with Crippen LogP contribution >= 0.6 is 0 Å². The van der Waals surface area contributed by atoms with Gasteiger partial charge < -0.3 is 20.1 Å². The van der Waals surface area contributed by atoms with Crippen molar-refractivity contribution in [3.63, 3.8) is 0 Å². The monoisotopic (exact) mass is 298 g/mol. The molecule has 0 unspecified atom stereocenters. The number of aromatic nitrogens is 2. The Morgan fingerprint density at radius 2 is 1.90 bits per heavy atom. The number of aliphatic hydroxyl groups excluding tert-OH is 3. The highest BCUT2D eigenvalue weighted by Gasteiger charge is 2.44. The number of rotatable bonds is 2. The van der Waals surface area contributed by atoms with Gasteiger partial charge in [-0.25, -0.2) is 4.79 Å². The van der Waals surface area contributed by atoms with E-state index in [1.165, 1.54) is 4.57 Å². The van der Waals surface area contributed by atoms with Crippen LogP contribution in [0, 0.1) is 0 Å². The zero-order chi connectivity index (χ0) is 15.1. The molecule has 0 saturated carbocycles. The molecule has 1 aliphatic carbocycles. The van der Waals surface area contributed by atoms with E-state index in [4.69, 9.17) is 9.84 Å². The third-order valence-corrected chi connectivity index (χ3v) is 4.21. The smallest absolute Gasteiger partial charge is 0.330 e. The van der Waals surface area contributed by atoms with Gasteiger partial charge in [0.15, 0.2) is 6.23 Å². The maximum Gasteiger partial charge on any atom is 0.330 e. The summed E-state index contributed by atoms with van der Waals surface area (Å²) in [6.07, 6.45) is -1.86. The summed E-state index contributed by atoms with van der Waals surface area (Å²) in [5.41, 5.74) is -0.00314. The Bertz CT molecular complexity index is 651. The predicted octanol–water partition coefficient (Wildman–Crippen LogP) is -1.97. The van der Waals surface area contributed by atoms with E-state index in [9.17, 15) is 19.8 Å². The van der Waals surface area contributed by atoms with E-state index in [0.717, 1.165) is 12.8 Å². The van der Waals surface area contributed by atoms with Crippen LogP contribution in [0.3, 0.4) is 0 Å². The van der Waals surface area contributed by atoms with Crippen molar-refractivity contribution in [2.24, 2.45) is 0 Å². The Kier molecular flexibility index (Phi) is 3.70. The molecule has 21 heavy (non-hydrogen) atoms. The molecular formula is C13H18N2O6. The molecule has 1 aliphatic heterocycles. The molecule has 1 fully saturated rings. The van der Waals surface area contributed by atoms with Gasteiger partial charge in [-0.2, -0.15) is 0 Å². The highest BCUT2D eigenvalue weighted by atomic mass is 16.6. The molecule has 8 nitrogen and oxygen atoms in total. The summed E-state index contributed by atoms with van der Waals surface area (Å²) in [5.74, 6) is 0. The van der Waals surface area contributed by atoms with Crippen molar-refractivity contribution in [2.75, 3.05) is 6.61 Å². The van der Waals surface area contributed by atoms with Gasteiger partial charge in [-0.1, -0.05) is 0 Å². The Balaban J connectivity index is 2.11. The number of nitrogens with zero attached hydrogens (tertiary/aromatic N) is 1. The van der Waals surface area contributed by atoms with Gasteiger partial charge in [0.2, 0.25) is 0 Å². The highest BCUT2D eigenvalue weighted by molar-refractivity contribution is 5.21. The quantitative estimate of drug-likeness (QED) is 0.502. The van der Waals surface area contributed by atoms with Gasteiger partial charge in [0.1, 0.15) is 18.3 Å². The third-order valence-electron chi connectivity index (χ3n) is 4.21. The molecule has 0 radical (unpaired) electrons. The van der Waals surface area contributed by atoms with Crippen molar-refractivity contribution in [3.8, 4) is 0 Å². The molecule has 4 atom stereocenters. The van der Waals surface area contributed by atoms with Gasteiger partial charge in [0.05, 0.1) is 6.61 Å². The van der Waals surface area contributed by atoms with Crippen LogP contribution in [-0.2, 0) is 17.6 Å². The van der Waals surface area contributed by atoms with Crippen LogP contribution in [0.2, 0.25) is 0 Å². The van der Waals surface area contributed by atoms with E-state index >= 15 is 0 Å². The first-order valence-electron chi connectivity index (χ1n) is 7.03. The van der Waals surface area contributed by atoms with E-state index in [1.807, 2.05) is 0 Å². The first-order chi connectivity index (χ1) is 10.0. The van der Waals surface area contributed by atoms with Crippen molar-refractivity contribution in [1.82, 2.24) is 9.55 Å². The lowest BCUT2D eigenvalue weighted by atomic mass is 9.96. The van der Waals surface area contributed by atoms with E-state index in [0.29, 0.717) is 24.1 Å². The number of fused-ring (bicyclic) bond motifs is 1. The maximum absolute atomic E-state index is 12.1. The molecule has 116 valence electrons. The van der Waals surface area contributed by atoms with Crippen LogP contribution in [0.25, 0.3) is 0 Å². The number of ether oxygens (including phenoxy) is 1. The second-order valence-corrected chi connectivity index (χ2v) is 5.49. The van der Waals surface area contributed by atoms with Crippen molar-refractivity contribution in [1.29, 1.82) is 0 Å². The van der Waals surface area contributed by atoms with Gasteiger partial charge in [-0.3, -0.25) is 14.3 Å². The molecule has 3 rings (SSSR count). The first-order valence-corrected chi connectivity index (χ1v) is 7.03. The third kappa shape index (κ3) is 2.24. The molecule has 0 spiro atoms. The van der Waals surface area contributed by atoms with Gasteiger partial charge in [-0.15, -0.1) is 0 Å². The Morgan fingerprint density at radius 3 is 2.57 bits per heavy atom. The standard InChI is InChI=1S/C13H18N2O6/c16-5-8-9(17)10(18)12(21-8)15-7-4-2-1-3-6(7)11(19)14-13(15)20/h8-10,12,16-18H,1-5H2,(H,14,19,20)/t8-,9-,10+,12-/m1/s1. The molecule has 1 saturated heterocycles. The molecule has 2 heterocycles. The first kappa shape index (κ1) is 14.5. The summed E-state index contributed by atoms with van der Waals surface area (Å²) in [5, 5.41) is 29.0. The van der Waals surface area contributed by atoms with Gasteiger partial charge in [0, 0.05) is 11.3 Å². The highest BCUT2D eigenvalue weighted by Crippen LogP contribution is 2.30. The fourth-order valence-electron chi connectivity index (χ4n) is 3.12. The van der Waals surface area contributed by atoms with Crippen molar-refractivity contribution in [3.05, 3.63) is 32.1 Å². The van der Waals surface area contributed by atoms with E-state index in [-0.39, 0.29) is 0 Å². The molecule has 0 bridgehead atoms. The molecular weight excluding hydrogens is 280 g/mol. The lowest BCUT2D eigenvalue weighted by molar-refractivity contribution is -0.0565. The van der Waals surface area contributed by atoms with E-state index in [1.54, 1.807) is 0 Å². The fraction of sp³-hybridized carbons (Fsp3) is 0.692. The van der Waals surface area contributed by atoms with Gasteiger partial charge in [0.25, 0.3) is 5.56 Å². The molecule has 8 heteroatoms. The minimum atomic E-state index is -1.34. The average molecular weight is 298 g/mol. The normalized spacial score (nSPS) is 32.1. The van der Waals surface area contributed by atoms with Crippen molar-refractivity contribution in [2.45, 2.75) is 50.2 Å². The van der Waals surface area contributed by atoms with Crippen LogP contribution in [0.15, 0.2) is 9.59 Å². The zero-order valence-electron chi connectivity index (χ0n) is 11.4. The summed E-state index contributed by atoms with van der Waals surface area (Å²) in [4.78, 5) is 26.2. The summed E-state index contributed by atoms with van der Waals surface area (Å²) in [7, 11) is 0. The Labute approximate surface area is 119 Å². The Hall–Kier alpha value is -1.48. The molecule has 0 amide bonds. The van der Waals surface area contributed by atoms with Crippen LogP contribution in [0.5, 0.6) is 0 Å². The minimum absolute atomic E-state index is 0.405. The summed E-state index contributed by atoms with van der Waals surface area (Å²) in [6.45, 7) is -0.463. The molecule has 4 N–H and O–H groups in total. The second kappa shape index (κ2) is 5.38. The van der Waals surface area contributed by atoms with Crippen LogP contribution in [0.4, 0.5) is 0 Å². The van der Waals surface area contributed by atoms with E-state index in [2.05, 4.69) is 4.98 Å². The number of hydrogen-bond acceptors (Lipinski definition) is 6. The largest absolute Gasteiger partial charge is 0.394 e. The number of H-pyrrole nitrogens is 1. The number of aromatic amines is 1. The van der Waals surface area contributed by atoms with Gasteiger partial charge >= 0.3 is 5.69 Å². The average Bonchev–Trinajstić information content (AvgIpc) is 2.75. The SMILES string of the molecule is O=c1[nH]c(=O)n([C@@H]2O[C@H](CO)[C@@H](O)[C@@H]2O)c2c1CCCC2. The number of hydrogen-bond donors (Lipinski definition) is 4. The lowest BCUT2D eigenvalue weighted by Crippen LogP contribution is -2.42. The van der Waals surface area contributed by atoms with Crippen LogP contribution < -0.4 is 11.2 Å². The number of nitrogens with one attached hydrogen (secondary N) is 1. The van der Waals surface area contributed by atoms with E-state index < -0.39 is 42.4 Å². The predicted molar refractivity (Wildman–Crippen MR) is 71.0 cm³/mol. The van der Waals surface area contributed by atoms with Crippen molar-refractivity contribution >= 4 is 0 Å². The molecule has 1 aromatic rings. The fourth-order valence-corrected chi connectivity index (χ4v) is 3.12. The summed E-state index contributed by atoms with van der Waals surface area (Å²) in [6, 6.07) is 0. The molecule has 2 aliphatic rings. The maximum atomic E-state index is 12.1. The van der Waals surface area contributed by atoms with Gasteiger partial charge in [-0.05, 0) is 25.7 Å². The lowest BCUT2D eigenvalue weighted by Gasteiger charge is -2.25. The molecule has 0 aromatic carbocycles. The van der Waals surface area contributed by atoms with Crippen LogP contribution in [0.1, 0.15) is 30.3 Å². The van der Waals surface area contributed by atoms with Crippen LogP contribution in [-0.4, -0.2) is 49.8 Å².